The van der Waals surface area contributed by atoms with E-state index < -0.39 is 0 Å². The number of nitrogens with one attached hydrogen (secondary N) is 1. The van der Waals surface area contributed by atoms with E-state index >= 15 is 0 Å². The van der Waals surface area contributed by atoms with Crippen LogP contribution in [0.4, 0.5) is 0 Å². The molecule has 0 spiro atoms. The van der Waals surface area contributed by atoms with Crippen LogP contribution in [0, 0.1) is 6.92 Å². The fourth-order valence-corrected chi connectivity index (χ4v) is 1.87. The molecule has 0 saturated carbocycles. The van der Waals surface area contributed by atoms with E-state index in [9.17, 15) is 0 Å². The lowest BCUT2D eigenvalue weighted by molar-refractivity contribution is 0.216. The summed E-state index contributed by atoms with van der Waals surface area (Å²) in [6.07, 6.45) is 2.02. The largest absolute Gasteiger partial charge is 0.489 e. The van der Waals surface area contributed by atoms with Gasteiger partial charge in [-0.05, 0) is 37.0 Å². The SMILES string of the molecule is C=CCNCC(C)Oc1cc(C)ccc1C(C)C. The van der Waals surface area contributed by atoms with Crippen molar-refractivity contribution in [3.8, 4) is 5.75 Å². The molecule has 0 heterocycles. The Morgan fingerprint density at radius 2 is 2.06 bits per heavy atom. The van der Waals surface area contributed by atoms with Crippen LogP contribution in [0.25, 0.3) is 0 Å². The van der Waals surface area contributed by atoms with Gasteiger partial charge in [0, 0.05) is 13.1 Å². The van der Waals surface area contributed by atoms with Gasteiger partial charge < -0.3 is 10.1 Å². The zero-order valence-electron chi connectivity index (χ0n) is 12.0. The third-order valence-corrected chi connectivity index (χ3v) is 2.84. The zero-order valence-corrected chi connectivity index (χ0v) is 12.0. The van der Waals surface area contributed by atoms with Gasteiger partial charge in [-0.2, -0.15) is 0 Å². The Labute approximate surface area is 111 Å². The van der Waals surface area contributed by atoms with E-state index in [4.69, 9.17) is 4.74 Å². The van der Waals surface area contributed by atoms with Crippen LogP contribution in [-0.2, 0) is 0 Å². The third-order valence-electron chi connectivity index (χ3n) is 2.84. The first-order valence-corrected chi connectivity index (χ1v) is 6.63. The molecule has 0 saturated heterocycles. The number of benzene rings is 1. The highest BCUT2D eigenvalue weighted by Gasteiger charge is 2.11. The lowest BCUT2D eigenvalue weighted by Gasteiger charge is -2.19. The summed E-state index contributed by atoms with van der Waals surface area (Å²) in [5.41, 5.74) is 2.51. The van der Waals surface area contributed by atoms with Crippen molar-refractivity contribution < 1.29 is 4.74 Å². The summed E-state index contributed by atoms with van der Waals surface area (Å²) >= 11 is 0. The molecule has 1 atom stereocenters. The Bertz CT molecular complexity index is 385. The van der Waals surface area contributed by atoms with Crippen LogP contribution in [0.5, 0.6) is 5.75 Å². The molecule has 0 amide bonds. The zero-order chi connectivity index (χ0) is 13.5. The Morgan fingerprint density at radius 3 is 2.67 bits per heavy atom. The Hall–Kier alpha value is -1.28. The Morgan fingerprint density at radius 1 is 1.33 bits per heavy atom. The molecule has 1 aromatic rings. The minimum Gasteiger partial charge on any atom is -0.489 e. The van der Waals surface area contributed by atoms with Crippen LogP contribution < -0.4 is 10.1 Å². The molecule has 18 heavy (non-hydrogen) atoms. The number of hydrogen-bond donors (Lipinski definition) is 1. The van der Waals surface area contributed by atoms with E-state index in [0.29, 0.717) is 5.92 Å². The monoisotopic (exact) mass is 247 g/mol. The number of hydrogen-bond acceptors (Lipinski definition) is 2. The highest BCUT2D eigenvalue weighted by Crippen LogP contribution is 2.28. The predicted octanol–water partition coefficient (Wildman–Crippen LogP) is 3.66. The molecule has 0 bridgehead atoms. The van der Waals surface area contributed by atoms with Gasteiger partial charge in [-0.15, -0.1) is 6.58 Å². The van der Waals surface area contributed by atoms with E-state index in [1.54, 1.807) is 0 Å². The fourth-order valence-electron chi connectivity index (χ4n) is 1.87. The number of ether oxygens (including phenoxy) is 1. The summed E-state index contributed by atoms with van der Waals surface area (Å²) in [6.45, 7) is 13.9. The van der Waals surface area contributed by atoms with Gasteiger partial charge in [0.05, 0.1) is 0 Å². The number of rotatable bonds is 7. The fraction of sp³-hybridized carbons (Fsp3) is 0.500. The van der Waals surface area contributed by atoms with Crippen LogP contribution in [0.3, 0.4) is 0 Å². The minimum atomic E-state index is 0.157. The predicted molar refractivity (Wildman–Crippen MR) is 78.4 cm³/mol. The summed E-state index contributed by atoms with van der Waals surface area (Å²) in [5.74, 6) is 1.49. The molecular weight excluding hydrogens is 222 g/mol. The van der Waals surface area contributed by atoms with Gasteiger partial charge in [0.15, 0.2) is 0 Å². The van der Waals surface area contributed by atoms with Crippen molar-refractivity contribution in [1.29, 1.82) is 0 Å². The highest BCUT2D eigenvalue weighted by atomic mass is 16.5. The van der Waals surface area contributed by atoms with Crippen LogP contribution in [0.1, 0.15) is 37.8 Å². The summed E-state index contributed by atoms with van der Waals surface area (Å²) in [6, 6.07) is 6.43. The second-order valence-electron chi connectivity index (χ2n) is 5.07. The van der Waals surface area contributed by atoms with Crippen LogP contribution in [0.2, 0.25) is 0 Å². The minimum absolute atomic E-state index is 0.157. The molecule has 0 aliphatic carbocycles. The maximum atomic E-state index is 6.04. The summed E-state index contributed by atoms with van der Waals surface area (Å²) in [4.78, 5) is 0. The summed E-state index contributed by atoms with van der Waals surface area (Å²) in [7, 11) is 0. The van der Waals surface area contributed by atoms with Gasteiger partial charge in [-0.3, -0.25) is 0 Å². The molecule has 1 N–H and O–H groups in total. The van der Waals surface area contributed by atoms with E-state index in [2.05, 4.69) is 57.8 Å². The van der Waals surface area contributed by atoms with Crippen molar-refractivity contribution in [3.05, 3.63) is 42.0 Å². The van der Waals surface area contributed by atoms with Crippen molar-refractivity contribution in [1.82, 2.24) is 5.32 Å². The maximum absolute atomic E-state index is 6.04. The van der Waals surface area contributed by atoms with Crippen LogP contribution in [0.15, 0.2) is 30.9 Å². The van der Waals surface area contributed by atoms with Crippen molar-refractivity contribution in [2.24, 2.45) is 0 Å². The van der Waals surface area contributed by atoms with Crippen LogP contribution in [-0.4, -0.2) is 19.2 Å². The quantitative estimate of drug-likeness (QED) is 0.586. The maximum Gasteiger partial charge on any atom is 0.123 e. The second kappa shape index (κ2) is 7.22. The van der Waals surface area contributed by atoms with Gasteiger partial charge in [-0.25, -0.2) is 0 Å². The van der Waals surface area contributed by atoms with Crippen molar-refractivity contribution >= 4 is 0 Å². The second-order valence-corrected chi connectivity index (χ2v) is 5.07. The van der Waals surface area contributed by atoms with Gasteiger partial charge in [0.2, 0.25) is 0 Å². The van der Waals surface area contributed by atoms with Crippen LogP contribution >= 0.6 is 0 Å². The van der Waals surface area contributed by atoms with Crippen molar-refractivity contribution in [2.45, 2.75) is 39.7 Å². The van der Waals surface area contributed by atoms with Crippen molar-refractivity contribution in [2.75, 3.05) is 13.1 Å². The molecule has 0 aliphatic rings. The van der Waals surface area contributed by atoms with E-state index in [1.807, 2.05) is 6.08 Å². The molecule has 0 aromatic heterocycles. The lowest BCUT2D eigenvalue weighted by Crippen LogP contribution is -2.29. The molecule has 0 fully saturated rings. The van der Waals surface area contributed by atoms with Gasteiger partial charge >= 0.3 is 0 Å². The molecule has 2 heteroatoms. The standard InChI is InChI=1S/C16H25NO/c1-6-9-17-11-14(5)18-16-10-13(4)7-8-15(16)12(2)3/h6-8,10,12,14,17H,1,9,11H2,2-5H3. The Balaban J connectivity index is 2.69. The topological polar surface area (TPSA) is 21.3 Å². The Kier molecular flexibility index (Phi) is 5.93. The molecule has 1 aromatic carbocycles. The third kappa shape index (κ3) is 4.53. The summed E-state index contributed by atoms with van der Waals surface area (Å²) < 4.78 is 6.04. The molecule has 1 rings (SSSR count). The molecule has 2 nitrogen and oxygen atoms in total. The van der Waals surface area contributed by atoms with Gasteiger partial charge in [0.25, 0.3) is 0 Å². The highest BCUT2D eigenvalue weighted by molar-refractivity contribution is 5.39. The average Bonchev–Trinajstić information content (AvgIpc) is 2.29. The van der Waals surface area contributed by atoms with Gasteiger partial charge in [0.1, 0.15) is 11.9 Å². The van der Waals surface area contributed by atoms with E-state index in [0.717, 1.165) is 18.8 Å². The van der Waals surface area contributed by atoms with Gasteiger partial charge in [-0.1, -0.05) is 32.1 Å². The molecular formula is C16H25NO. The molecule has 0 aliphatic heterocycles. The van der Waals surface area contributed by atoms with E-state index in [-0.39, 0.29) is 6.10 Å². The average molecular weight is 247 g/mol. The molecule has 100 valence electrons. The van der Waals surface area contributed by atoms with E-state index in [1.165, 1.54) is 11.1 Å². The summed E-state index contributed by atoms with van der Waals surface area (Å²) in [5, 5.41) is 3.28. The van der Waals surface area contributed by atoms with Crippen molar-refractivity contribution in [3.63, 3.8) is 0 Å². The lowest BCUT2D eigenvalue weighted by atomic mass is 10.0. The first kappa shape index (κ1) is 14.8. The number of aryl methyl sites for hydroxylation is 1. The molecule has 1 unspecified atom stereocenters. The first-order chi connectivity index (χ1) is 8.54. The molecule has 0 radical (unpaired) electrons. The first-order valence-electron chi connectivity index (χ1n) is 6.63. The smallest absolute Gasteiger partial charge is 0.123 e. The normalized spacial score (nSPS) is 12.5.